The van der Waals surface area contributed by atoms with E-state index in [0.717, 1.165) is 5.69 Å². The number of fused-ring (bicyclic) bond motifs is 1. The fraction of sp³-hybridized carbons (Fsp3) is 0.391. The number of carbonyl (C=O) groups excluding carboxylic acids is 2. The topological polar surface area (TPSA) is 58.6 Å². The average molecular weight is 415 g/mol. The van der Waals surface area contributed by atoms with Gasteiger partial charge in [-0.15, -0.1) is 0 Å². The summed E-state index contributed by atoms with van der Waals surface area (Å²) >= 11 is 6.10. The van der Waals surface area contributed by atoms with Gasteiger partial charge in [0, 0.05) is 23.7 Å². The maximum absolute atomic E-state index is 12.8. The smallest absolute Gasteiger partial charge is 0.270 e. The van der Waals surface area contributed by atoms with Crippen molar-refractivity contribution < 1.29 is 14.3 Å². The second kappa shape index (κ2) is 7.71. The summed E-state index contributed by atoms with van der Waals surface area (Å²) in [7, 11) is 0. The van der Waals surface area contributed by atoms with Gasteiger partial charge in [0.15, 0.2) is 5.60 Å². The zero-order chi connectivity index (χ0) is 21.4. The minimum Gasteiger partial charge on any atom is -0.476 e. The molecule has 2 aromatic carbocycles. The maximum atomic E-state index is 12.8. The number of benzene rings is 2. The number of nitrogens with one attached hydrogen (secondary N) is 1. The minimum absolute atomic E-state index is 0.0563. The van der Waals surface area contributed by atoms with Crippen molar-refractivity contribution in [3.05, 3.63) is 53.1 Å². The van der Waals surface area contributed by atoms with Crippen LogP contribution < -0.4 is 15.0 Å². The quantitative estimate of drug-likeness (QED) is 0.750. The third-order valence-electron chi connectivity index (χ3n) is 4.93. The van der Waals surface area contributed by atoms with Gasteiger partial charge in [-0.2, -0.15) is 0 Å². The van der Waals surface area contributed by atoms with Gasteiger partial charge in [0.05, 0.1) is 5.69 Å². The molecule has 0 atom stereocenters. The van der Waals surface area contributed by atoms with Crippen LogP contribution >= 0.6 is 11.6 Å². The molecule has 1 aliphatic heterocycles. The molecular weight excluding hydrogens is 388 g/mol. The van der Waals surface area contributed by atoms with Crippen LogP contribution in [0.2, 0.25) is 5.02 Å². The van der Waals surface area contributed by atoms with E-state index < -0.39 is 5.60 Å². The Morgan fingerprint density at radius 2 is 1.79 bits per heavy atom. The van der Waals surface area contributed by atoms with Crippen LogP contribution in [0.15, 0.2) is 42.5 Å². The number of rotatable bonds is 4. The molecule has 0 bridgehead atoms. The summed E-state index contributed by atoms with van der Waals surface area (Å²) in [6.07, 6.45) is 0.162. The molecule has 2 amide bonds. The van der Waals surface area contributed by atoms with Crippen molar-refractivity contribution in [3.8, 4) is 5.75 Å². The van der Waals surface area contributed by atoms with E-state index >= 15 is 0 Å². The van der Waals surface area contributed by atoms with E-state index in [1.54, 1.807) is 36.9 Å². The van der Waals surface area contributed by atoms with E-state index in [1.807, 2.05) is 24.3 Å². The van der Waals surface area contributed by atoms with Crippen LogP contribution in [-0.4, -0.2) is 24.0 Å². The van der Waals surface area contributed by atoms with Gasteiger partial charge in [-0.05, 0) is 55.2 Å². The molecule has 0 aromatic heterocycles. The highest BCUT2D eigenvalue weighted by Gasteiger charge is 2.40. The van der Waals surface area contributed by atoms with Crippen LogP contribution in [0, 0.1) is 0 Å². The molecule has 6 heteroatoms. The van der Waals surface area contributed by atoms with Gasteiger partial charge in [-0.1, -0.05) is 44.5 Å². The summed E-state index contributed by atoms with van der Waals surface area (Å²) in [4.78, 5) is 26.9. The third-order valence-corrected chi connectivity index (χ3v) is 5.17. The summed E-state index contributed by atoms with van der Waals surface area (Å²) < 4.78 is 5.81. The van der Waals surface area contributed by atoms with Gasteiger partial charge in [-0.3, -0.25) is 9.59 Å². The van der Waals surface area contributed by atoms with E-state index in [2.05, 4.69) is 26.1 Å². The lowest BCUT2D eigenvalue weighted by molar-refractivity contribution is -0.132. The minimum atomic E-state index is -1.000. The SMILES string of the molecule is CC1(C)Oc2ccc(Cl)cc2N(CCC(=O)Nc2ccc(C(C)(C)C)cc2)C1=O. The Bertz CT molecular complexity index is 930. The molecule has 0 fully saturated rings. The van der Waals surface area contributed by atoms with E-state index in [4.69, 9.17) is 16.3 Å². The van der Waals surface area contributed by atoms with Crippen LogP contribution in [0.5, 0.6) is 5.75 Å². The molecule has 3 rings (SSSR count). The number of nitrogens with zero attached hydrogens (tertiary/aromatic N) is 1. The molecule has 0 aliphatic carbocycles. The molecule has 29 heavy (non-hydrogen) atoms. The van der Waals surface area contributed by atoms with Gasteiger partial charge in [0.2, 0.25) is 5.91 Å². The Balaban J connectivity index is 1.69. The standard InChI is InChI=1S/C23H27ClN2O3/c1-22(2,3)15-6-9-17(10-7-15)25-20(27)12-13-26-18-14-16(24)8-11-19(18)29-23(4,5)21(26)28/h6-11,14H,12-13H2,1-5H3,(H,25,27). The van der Waals surface area contributed by atoms with E-state index in [0.29, 0.717) is 16.5 Å². The van der Waals surface area contributed by atoms with Crippen LogP contribution in [0.3, 0.4) is 0 Å². The molecule has 0 saturated carbocycles. The number of hydrogen-bond donors (Lipinski definition) is 1. The monoisotopic (exact) mass is 414 g/mol. The molecule has 0 unspecified atom stereocenters. The summed E-state index contributed by atoms with van der Waals surface area (Å²) in [6.45, 7) is 10.1. The predicted molar refractivity (Wildman–Crippen MR) is 117 cm³/mol. The number of hydrogen-bond acceptors (Lipinski definition) is 3. The summed E-state index contributed by atoms with van der Waals surface area (Å²) in [6, 6.07) is 13.0. The number of halogens is 1. The normalized spacial score (nSPS) is 15.5. The number of anilines is 2. The molecule has 1 heterocycles. The average Bonchev–Trinajstić information content (AvgIpc) is 2.62. The highest BCUT2D eigenvalue weighted by molar-refractivity contribution is 6.31. The maximum Gasteiger partial charge on any atom is 0.270 e. The van der Waals surface area contributed by atoms with Crippen molar-refractivity contribution in [3.63, 3.8) is 0 Å². The fourth-order valence-corrected chi connectivity index (χ4v) is 3.42. The molecule has 2 aromatic rings. The Kier molecular flexibility index (Phi) is 5.63. The second-order valence-corrected chi connectivity index (χ2v) is 9.24. The number of carbonyl (C=O) groups is 2. The van der Waals surface area contributed by atoms with Crippen molar-refractivity contribution in [1.29, 1.82) is 0 Å². The van der Waals surface area contributed by atoms with Crippen LogP contribution in [0.4, 0.5) is 11.4 Å². The molecule has 5 nitrogen and oxygen atoms in total. The van der Waals surface area contributed by atoms with Crippen molar-refractivity contribution in [2.45, 2.75) is 52.1 Å². The van der Waals surface area contributed by atoms with Gasteiger partial charge in [0.25, 0.3) is 5.91 Å². The summed E-state index contributed by atoms with van der Waals surface area (Å²) in [5.41, 5.74) is 1.58. The predicted octanol–water partition coefficient (Wildman–Crippen LogP) is 5.17. The molecular formula is C23H27ClN2O3. The van der Waals surface area contributed by atoms with Crippen molar-refractivity contribution in [2.24, 2.45) is 0 Å². The fourth-order valence-electron chi connectivity index (χ4n) is 3.25. The van der Waals surface area contributed by atoms with Crippen molar-refractivity contribution in [1.82, 2.24) is 0 Å². The highest BCUT2D eigenvalue weighted by Crippen LogP contribution is 2.39. The van der Waals surface area contributed by atoms with Crippen LogP contribution in [0.1, 0.15) is 46.6 Å². The zero-order valence-electron chi connectivity index (χ0n) is 17.5. The first-order chi connectivity index (χ1) is 13.5. The lowest BCUT2D eigenvalue weighted by Gasteiger charge is -2.38. The Morgan fingerprint density at radius 1 is 1.14 bits per heavy atom. The van der Waals surface area contributed by atoms with E-state index in [9.17, 15) is 9.59 Å². The number of ether oxygens (including phenoxy) is 1. The zero-order valence-corrected chi connectivity index (χ0v) is 18.3. The summed E-state index contributed by atoms with van der Waals surface area (Å²) in [5.74, 6) is 0.223. The van der Waals surface area contributed by atoms with Gasteiger partial charge in [0.1, 0.15) is 5.75 Å². The lowest BCUT2D eigenvalue weighted by atomic mass is 9.87. The molecule has 1 aliphatic rings. The Morgan fingerprint density at radius 3 is 2.41 bits per heavy atom. The largest absolute Gasteiger partial charge is 0.476 e. The van der Waals surface area contributed by atoms with Gasteiger partial charge >= 0.3 is 0 Å². The number of amides is 2. The Labute approximate surface area is 177 Å². The van der Waals surface area contributed by atoms with E-state index in [1.165, 1.54) is 5.56 Å². The molecule has 0 saturated heterocycles. The second-order valence-electron chi connectivity index (χ2n) is 8.81. The summed E-state index contributed by atoms with van der Waals surface area (Å²) in [5, 5.41) is 3.40. The molecule has 1 N–H and O–H groups in total. The van der Waals surface area contributed by atoms with Gasteiger partial charge < -0.3 is 15.0 Å². The Hall–Kier alpha value is -2.53. The third kappa shape index (κ3) is 4.73. The van der Waals surface area contributed by atoms with Gasteiger partial charge in [-0.25, -0.2) is 0 Å². The lowest BCUT2D eigenvalue weighted by Crippen LogP contribution is -2.53. The molecule has 0 spiro atoms. The first-order valence-corrected chi connectivity index (χ1v) is 10.1. The first kappa shape index (κ1) is 21.2. The first-order valence-electron chi connectivity index (χ1n) is 9.68. The van der Waals surface area contributed by atoms with Crippen molar-refractivity contribution >= 4 is 34.8 Å². The van der Waals surface area contributed by atoms with Crippen LogP contribution in [0.25, 0.3) is 0 Å². The van der Waals surface area contributed by atoms with Crippen LogP contribution in [-0.2, 0) is 15.0 Å². The van der Waals surface area contributed by atoms with Crippen molar-refractivity contribution in [2.75, 3.05) is 16.8 Å². The molecule has 154 valence electrons. The van der Waals surface area contributed by atoms with E-state index in [-0.39, 0.29) is 30.2 Å². The highest BCUT2D eigenvalue weighted by atomic mass is 35.5. The molecule has 0 radical (unpaired) electrons.